The molecule has 0 bridgehead atoms. The molecule has 22 heavy (non-hydrogen) atoms. The number of carbonyl (C=O) groups excluding carboxylic acids is 1. The molecular weight excluding hydrogens is 279 g/mol. The maximum atomic E-state index is 13.2. The minimum atomic E-state index is -0.457. The van der Waals surface area contributed by atoms with Crippen LogP contribution in [-0.2, 0) is 10.2 Å². The number of hydrogen-bond donors (Lipinski definition) is 2. The Balaban J connectivity index is 1.78. The van der Waals surface area contributed by atoms with E-state index in [1.165, 1.54) is 12.1 Å². The van der Waals surface area contributed by atoms with Crippen molar-refractivity contribution in [3.63, 3.8) is 0 Å². The predicted octanol–water partition coefficient (Wildman–Crippen LogP) is 2.89. The first-order valence-corrected chi connectivity index (χ1v) is 8.40. The summed E-state index contributed by atoms with van der Waals surface area (Å²) < 4.78 is 13.2. The van der Waals surface area contributed by atoms with Crippen molar-refractivity contribution in [1.82, 2.24) is 10.6 Å². The van der Waals surface area contributed by atoms with Crippen LogP contribution in [0.3, 0.4) is 0 Å². The summed E-state index contributed by atoms with van der Waals surface area (Å²) in [5.41, 5.74) is 0.507. The summed E-state index contributed by atoms with van der Waals surface area (Å²) in [4.78, 5) is 13.0. The van der Waals surface area contributed by atoms with Crippen LogP contribution in [0.4, 0.5) is 4.39 Å². The number of carbonyl (C=O) groups is 1. The monoisotopic (exact) mass is 304 g/mol. The van der Waals surface area contributed by atoms with E-state index in [1.807, 2.05) is 0 Å². The predicted molar refractivity (Wildman–Crippen MR) is 85.2 cm³/mol. The molecule has 2 unspecified atom stereocenters. The molecule has 1 saturated heterocycles. The zero-order chi connectivity index (χ0) is 15.6. The van der Waals surface area contributed by atoms with E-state index in [0.29, 0.717) is 6.04 Å². The normalized spacial score (nSPS) is 27.5. The lowest BCUT2D eigenvalue weighted by molar-refractivity contribution is -0.127. The van der Waals surface area contributed by atoms with Crippen molar-refractivity contribution < 1.29 is 9.18 Å². The van der Waals surface area contributed by atoms with E-state index in [-0.39, 0.29) is 17.8 Å². The molecule has 4 heteroatoms. The molecule has 1 heterocycles. The first-order chi connectivity index (χ1) is 10.6. The summed E-state index contributed by atoms with van der Waals surface area (Å²) in [6.07, 6.45) is 5.82. The van der Waals surface area contributed by atoms with E-state index in [0.717, 1.165) is 50.6 Å². The molecule has 0 spiro atoms. The van der Waals surface area contributed by atoms with Gasteiger partial charge in [-0.1, -0.05) is 25.0 Å². The number of rotatable bonds is 3. The van der Waals surface area contributed by atoms with Gasteiger partial charge in [-0.2, -0.15) is 0 Å². The Morgan fingerprint density at radius 2 is 1.95 bits per heavy atom. The topological polar surface area (TPSA) is 41.1 Å². The van der Waals surface area contributed by atoms with E-state index in [2.05, 4.69) is 17.6 Å². The molecular formula is C18H25FN2O. The van der Waals surface area contributed by atoms with Crippen molar-refractivity contribution >= 4 is 5.91 Å². The minimum Gasteiger partial charge on any atom is -0.352 e. The van der Waals surface area contributed by atoms with E-state index < -0.39 is 5.41 Å². The van der Waals surface area contributed by atoms with Gasteiger partial charge in [0, 0.05) is 12.1 Å². The number of piperidine rings is 1. The molecule has 0 radical (unpaired) electrons. The Bertz CT molecular complexity index is 522. The fourth-order valence-corrected chi connectivity index (χ4v) is 3.98. The van der Waals surface area contributed by atoms with Crippen LogP contribution >= 0.6 is 0 Å². The highest BCUT2D eigenvalue weighted by atomic mass is 19.1. The molecule has 120 valence electrons. The summed E-state index contributed by atoms with van der Waals surface area (Å²) in [6, 6.07) is 7.20. The Hall–Kier alpha value is -1.42. The smallest absolute Gasteiger partial charge is 0.230 e. The minimum absolute atomic E-state index is 0.135. The second kappa shape index (κ2) is 6.37. The van der Waals surface area contributed by atoms with Crippen molar-refractivity contribution in [2.75, 3.05) is 6.54 Å². The third kappa shape index (κ3) is 3.02. The van der Waals surface area contributed by atoms with Crippen molar-refractivity contribution in [2.24, 2.45) is 0 Å². The Kier molecular flexibility index (Phi) is 4.48. The van der Waals surface area contributed by atoms with Gasteiger partial charge >= 0.3 is 0 Å². The lowest BCUT2D eigenvalue weighted by Gasteiger charge is -2.34. The molecule has 2 aliphatic rings. The molecule has 1 aliphatic carbocycles. The average Bonchev–Trinajstić information content (AvgIpc) is 2.99. The van der Waals surface area contributed by atoms with Crippen molar-refractivity contribution in [3.8, 4) is 0 Å². The van der Waals surface area contributed by atoms with Gasteiger partial charge in [0.2, 0.25) is 5.91 Å². The van der Waals surface area contributed by atoms with Gasteiger partial charge in [0.05, 0.1) is 5.41 Å². The van der Waals surface area contributed by atoms with Gasteiger partial charge in [0.25, 0.3) is 0 Å². The van der Waals surface area contributed by atoms with Crippen molar-refractivity contribution in [3.05, 3.63) is 35.6 Å². The largest absolute Gasteiger partial charge is 0.352 e. The fourth-order valence-electron chi connectivity index (χ4n) is 3.98. The third-order valence-electron chi connectivity index (χ3n) is 5.25. The highest BCUT2D eigenvalue weighted by molar-refractivity contribution is 5.88. The zero-order valence-corrected chi connectivity index (χ0v) is 13.2. The van der Waals surface area contributed by atoms with Gasteiger partial charge in [-0.05, 0) is 56.8 Å². The van der Waals surface area contributed by atoms with Crippen LogP contribution in [0.1, 0.15) is 51.0 Å². The van der Waals surface area contributed by atoms with Crippen LogP contribution in [0.25, 0.3) is 0 Å². The van der Waals surface area contributed by atoms with Crippen LogP contribution < -0.4 is 10.6 Å². The van der Waals surface area contributed by atoms with Gasteiger partial charge in [-0.3, -0.25) is 4.79 Å². The maximum absolute atomic E-state index is 13.2. The van der Waals surface area contributed by atoms with Crippen LogP contribution in [0, 0.1) is 5.82 Å². The van der Waals surface area contributed by atoms with E-state index in [1.54, 1.807) is 12.1 Å². The first kappa shape index (κ1) is 15.5. The quantitative estimate of drug-likeness (QED) is 0.901. The van der Waals surface area contributed by atoms with Crippen molar-refractivity contribution in [2.45, 2.75) is 62.9 Å². The average molecular weight is 304 g/mol. The summed E-state index contributed by atoms with van der Waals surface area (Å²) in [5, 5.41) is 6.68. The summed E-state index contributed by atoms with van der Waals surface area (Å²) in [5.74, 6) is -0.111. The van der Waals surface area contributed by atoms with Crippen LogP contribution in [0.2, 0.25) is 0 Å². The Labute approximate surface area is 131 Å². The number of halogens is 1. The lowest BCUT2D eigenvalue weighted by Crippen LogP contribution is -2.51. The summed E-state index contributed by atoms with van der Waals surface area (Å²) in [6.45, 7) is 3.11. The molecule has 0 aromatic heterocycles. The first-order valence-electron chi connectivity index (χ1n) is 8.40. The Morgan fingerprint density at radius 1 is 1.27 bits per heavy atom. The number of benzene rings is 1. The van der Waals surface area contributed by atoms with Crippen LogP contribution in [0.15, 0.2) is 24.3 Å². The standard InChI is InChI=1S/C18H25FN2O/c1-13-12-16(8-11-20-13)21-17(22)18(9-2-3-10-18)14-4-6-15(19)7-5-14/h4-7,13,16,20H,2-3,8-12H2,1H3,(H,21,22). The second-order valence-corrected chi connectivity index (χ2v) is 6.85. The molecule has 3 rings (SSSR count). The SMILES string of the molecule is CC1CC(NC(=O)C2(c3ccc(F)cc3)CCCC2)CCN1. The summed E-state index contributed by atoms with van der Waals surface area (Å²) in [7, 11) is 0. The summed E-state index contributed by atoms with van der Waals surface area (Å²) >= 11 is 0. The molecule has 2 N–H and O–H groups in total. The molecule has 1 aromatic rings. The second-order valence-electron chi connectivity index (χ2n) is 6.85. The molecule has 2 atom stereocenters. The number of amides is 1. The maximum Gasteiger partial charge on any atom is 0.230 e. The number of hydrogen-bond acceptors (Lipinski definition) is 2. The van der Waals surface area contributed by atoms with Crippen LogP contribution in [0.5, 0.6) is 0 Å². The third-order valence-corrected chi connectivity index (χ3v) is 5.25. The Morgan fingerprint density at radius 3 is 2.59 bits per heavy atom. The van der Waals surface area contributed by atoms with E-state index in [4.69, 9.17) is 0 Å². The van der Waals surface area contributed by atoms with E-state index >= 15 is 0 Å². The van der Waals surface area contributed by atoms with E-state index in [9.17, 15) is 9.18 Å². The number of nitrogens with one attached hydrogen (secondary N) is 2. The molecule has 2 fully saturated rings. The van der Waals surface area contributed by atoms with Gasteiger partial charge < -0.3 is 10.6 Å². The van der Waals surface area contributed by atoms with Crippen molar-refractivity contribution in [1.29, 1.82) is 0 Å². The zero-order valence-electron chi connectivity index (χ0n) is 13.2. The van der Waals surface area contributed by atoms with Gasteiger partial charge in [-0.25, -0.2) is 4.39 Å². The molecule has 1 aromatic carbocycles. The highest BCUT2D eigenvalue weighted by Gasteiger charge is 2.43. The molecule has 1 aliphatic heterocycles. The van der Waals surface area contributed by atoms with Gasteiger partial charge in [-0.15, -0.1) is 0 Å². The molecule has 1 amide bonds. The highest BCUT2D eigenvalue weighted by Crippen LogP contribution is 2.41. The van der Waals surface area contributed by atoms with Crippen LogP contribution in [-0.4, -0.2) is 24.5 Å². The van der Waals surface area contributed by atoms with Gasteiger partial charge in [0.1, 0.15) is 5.82 Å². The fraction of sp³-hybridized carbons (Fsp3) is 0.611. The molecule has 3 nitrogen and oxygen atoms in total. The molecule has 1 saturated carbocycles. The van der Waals surface area contributed by atoms with Gasteiger partial charge in [0.15, 0.2) is 0 Å². The lowest BCUT2D eigenvalue weighted by atomic mass is 9.77.